The molecule has 4 nitrogen and oxygen atoms in total. The van der Waals surface area contributed by atoms with Crippen molar-refractivity contribution in [3.05, 3.63) is 51.5 Å². The third kappa shape index (κ3) is 2.78. The number of thiazole rings is 1. The summed E-state index contributed by atoms with van der Waals surface area (Å²) >= 11 is 1.48. The van der Waals surface area contributed by atoms with E-state index in [4.69, 9.17) is 5.73 Å². The van der Waals surface area contributed by atoms with Crippen molar-refractivity contribution in [2.45, 2.75) is 19.8 Å². The molecule has 3 rings (SSSR count). The zero-order valence-electron chi connectivity index (χ0n) is 13.0. The fourth-order valence-electron chi connectivity index (χ4n) is 3.23. The van der Waals surface area contributed by atoms with E-state index in [1.807, 2.05) is 36.9 Å². The maximum atomic E-state index is 12.8. The lowest BCUT2D eigenvalue weighted by Gasteiger charge is -2.16. The van der Waals surface area contributed by atoms with Crippen molar-refractivity contribution in [3.63, 3.8) is 0 Å². The van der Waals surface area contributed by atoms with Crippen molar-refractivity contribution in [2.75, 3.05) is 19.6 Å². The van der Waals surface area contributed by atoms with Crippen LogP contribution in [0.5, 0.6) is 0 Å². The fourth-order valence-corrected chi connectivity index (χ4v) is 4.11. The van der Waals surface area contributed by atoms with E-state index < -0.39 is 0 Å². The highest BCUT2D eigenvalue weighted by atomic mass is 32.1. The summed E-state index contributed by atoms with van der Waals surface area (Å²) in [5.41, 5.74) is 8.05. The zero-order chi connectivity index (χ0) is 15.7. The Bertz CT molecular complexity index is 668. The summed E-state index contributed by atoms with van der Waals surface area (Å²) in [6, 6.07) is 10.4. The average molecular weight is 315 g/mol. The number of aryl methyl sites for hydroxylation is 2. The summed E-state index contributed by atoms with van der Waals surface area (Å²) in [7, 11) is 0. The monoisotopic (exact) mass is 315 g/mol. The second kappa shape index (κ2) is 6.18. The molecule has 0 spiro atoms. The van der Waals surface area contributed by atoms with Crippen LogP contribution in [0.2, 0.25) is 0 Å². The van der Waals surface area contributed by atoms with Crippen LogP contribution in [0.3, 0.4) is 0 Å². The van der Waals surface area contributed by atoms with Gasteiger partial charge in [0.1, 0.15) is 4.88 Å². The largest absolute Gasteiger partial charge is 0.337 e. The molecule has 1 amide bonds. The Morgan fingerprint density at radius 3 is 2.64 bits per heavy atom. The molecule has 0 radical (unpaired) electrons. The van der Waals surface area contributed by atoms with Gasteiger partial charge in [-0.15, -0.1) is 11.3 Å². The molecule has 1 saturated heterocycles. The number of hydrogen-bond acceptors (Lipinski definition) is 4. The molecule has 22 heavy (non-hydrogen) atoms. The fraction of sp³-hybridized carbons (Fsp3) is 0.412. The Morgan fingerprint density at radius 1 is 1.32 bits per heavy atom. The number of aromatic nitrogens is 1. The molecule has 1 fully saturated rings. The first-order valence-corrected chi connectivity index (χ1v) is 8.40. The van der Waals surface area contributed by atoms with E-state index in [0.717, 1.165) is 28.7 Å². The van der Waals surface area contributed by atoms with Gasteiger partial charge in [0.05, 0.1) is 10.7 Å². The van der Waals surface area contributed by atoms with Crippen molar-refractivity contribution in [1.82, 2.24) is 9.88 Å². The van der Waals surface area contributed by atoms with Gasteiger partial charge in [0.2, 0.25) is 0 Å². The highest BCUT2D eigenvalue weighted by Crippen LogP contribution is 2.33. The Hall–Kier alpha value is -1.72. The zero-order valence-corrected chi connectivity index (χ0v) is 13.8. The standard InChI is InChI=1S/C17H21N3OS/c1-11-16(22-12(2)19-11)17(21)20-9-14(8-18)15(10-20)13-6-4-3-5-7-13/h3-7,14-15H,8-10,18H2,1-2H3/t14-,15+/m1/s1. The summed E-state index contributed by atoms with van der Waals surface area (Å²) in [5, 5.41) is 0.940. The molecule has 0 bridgehead atoms. The number of likely N-dealkylation sites (tertiary alicyclic amines) is 1. The number of benzene rings is 1. The highest BCUT2D eigenvalue weighted by molar-refractivity contribution is 7.13. The van der Waals surface area contributed by atoms with E-state index in [1.54, 1.807) is 0 Å². The number of nitrogens with zero attached hydrogens (tertiary/aromatic N) is 2. The number of rotatable bonds is 3. The first kappa shape index (κ1) is 15.2. The van der Waals surface area contributed by atoms with Gasteiger partial charge < -0.3 is 10.6 Å². The molecular weight excluding hydrogens is 294 g/mol. The maximum absolute atomic E-state index is 12.8. The molecule has 2 atom stereocenters. The van der Waals surface area contributed by atoms with Gasteiger partial charge in [-0.3, -0.25) is 4.79 Å². The van der Waals surface area contributed by atoms with E-state index in [-0.39, 0.29) is 5.91 Å². The van der Waals surface area contributed by atoms with Gasteiger partial charge in [0.25, 0.3) is 5.91 Å². The molecule has 116 valence electrons. The molecule has 0 aliphatic carbocycles. The van der Waals surface area contributed by atoms with Crippen molar-refractivity contribution in [1.29, 1.82) is 0 Å². The average Bonchev–Trinajstić information content (AvgIpc) is 3.10. The van der Waals surface area contributed by atoms with Crippen LogP contribution in [0, 0.1) is 19.8 Å². The minimum atomic E-state index is 0.0972. The SMILES string of the molecule is Cc1nc(C)c(C(=O)N2C[C@@H](CN)[C@H](c3ccccc3)C2)s1. The molecule has 0 saturated carbocycles. The van der Waals surface area contributed by atoms with Crippen LogP contribution in [-0.4, -0.2) is 35.4 Å². The molecule has 1 aliphatic heterocycles. The lowest BCUT2D eigenvalue weighted by Crippen LogP contribution is -2.29. The highest BCUT2D eigenvalue weighted by Gasteiger charge is 2.36. The first-order chi connectivity index (χ1) is 10.6. The van der Waals surface area contributed by atoms with Crippen LogP contribution in [0.25, 0.3) is 0 Å². The molecule has 2 heterocycles. The summed E-state index contributed by atoms with van der Waals surface area (Å²) in [6.07, 6.45) is 0. The quantitative estimate of drug-likeness (QED) is 0.947. The molecule has 5 heteroatoms. The van der Waals surface area contributed by atoms with Gasteiger partial charge in [-0.1, -0.05) is 30.3 Å². The summed E-state index contributed by atoms with van der Waals surface area (Å²) < 4.78 is 0. The van der Waals surface area contributed by atoms with Crippen molar-refractivity contribution < 1.29 is 4.79 Å². The minimum absolute atomic E-state index is 0.0972. The van der Waals surface area contributed by atoms with E-state index in [0.29, 0.717) is 18.4 Å². The van der Waals surface area contributed by atoms with Gasteiger partial charge in [-0.25, -0.2) is 4.98 Å². The number of carbonyl (C=O) groups excluding carboxylic acids is 1. The number of nitrogens with two attached hydrogens (primary N) is 1. The molecule has 1 aromatic heterocycles. The maximum Gasteiger partial charge on any atom is 0.265 e. The van der Waals surface area contributed by atoms with E-state index in [9.17, 15) is 4.79 Å². The van der Waals surface area contributed by atoms with Crippen LogP contribution in [0.4, 0.5) is 0 Å². The van der Waals surface area contributed by atoms with Crippen molar-refractivity contribution >= 4 is 17.2 Å². The predicted octanol–water partition coefficient (Wildman–Crippen LogP) is 2.57. The van der Waals surface area contributed by atoms with Gasteiger partial charge in [-0.2, -0.15) is 0 Å². The normalized spacial score (nSPS) is 21.3. The third-order valence-corrected chi connectivity index (χ3v) is 5.42. The lowest BCUT2D eigenvalue weighted by atomic mass is 9.89. The second-order valence-corrected chi connectivity index (χ2v) is 7.07. The lowest BCUT2D eigenvalue weighted by molar-refractivity contribution is 0.0790. The van der Waals surface area contributed by atoms with Crippen LogP contribution in [0.1, 0.15) is 31.9 Å². The molecule has 1 aromatic carbocycles. The van der Waals surface area contributed by atoms with Crippen LogP contribution in [0.15, 0.2) is 30.3 Å². The summed E-state index contributed by atoms with van der Waals surface area (Å²) in [6.45, 7) is 5.91. The van der Waals surface area contributed by atoms with Crippen LogP contribution in [-0.2, 0) is 0 Å². The third-order valence-electron chi connectivity index (χ3n) is 4.36. The first-order valence-electron chi connectivity index (χ1n) is 7.58. The second-order valence-electron chi connectivity index (χ2n) is 5.87. The molecular formula is C17H21N3OS. The van der Waals surface area contributed by atoms with E-state index in [2.05, 4.69) is 17.1 Å². The van der Waals surface area contributed by atoms with Gasteiger partial charge in [0, 0.05) is 19.0 Å². The van der Waals surface area contributed by atoms with Gasteiger partial charge in [-0.05, 0) is 31.9 Å². The van der Waals surface area contributed by atoms with Gasteiger partial charge in [0.15, 0.2) is 0 Å². The van der Waals surface area contributed by atoms with Crippen LogP contribution >= 0.6 is 11.3 Å². The Kier molecular flexibility index (Phi) is 4.27. The summed E-state index contributed by atoms with van der Waals surface area (Å²) in [4.78, 5) is 19.8. The molecule has 1 aliphatic rings. The van der Waals surface area contributed by atoms with Gasteiger partial charge >= 0.3 is 0 Å². The number of carbonyl (C=O) groups is 1. The summed E-state index contributed by atoms with van der Waals surface area (Å²) in [5.74, 6) is 0.741. The molecule has 0 unspecified atom stereocenters. The van der Waals surface area contributed by atoms with Crippen molar-refractivity contribution in [2.24, 2.45) is 11.7 Å². The Balaban J connectivity index is 1.82. The molecule has 2 N–H and O–H groups in total. The number of hydrogen-bond donors (Lipinski definition) is 1. The van der Waals surface area contributed by atoms with E-state index >= 15 is 0 Å². The smallest absolute Gasteiger partial charge is 0.265 e. The van der Waals surface area contributed by atoms with Crippen LogP contribution < -0.4 is 5.73 Å². The van der Waals surface area contributed by atoms with E-state index in [1.165, 1.54) is 16.9 Å². The Labute approximate surface area is 135 Å². The predicted molar refractivity (Wildman–Crippen MR) is 89.2 cm³/mol. The Morgan fingerprint density at radius 2 is 2.05 bits per heavy atom. The minimum Gasteiger partial charge on any atom is -0.337 e. The topological polar surface area (TPSA) is 59.2 Å². The van der Waals surface area contributed by atoms with Crippen molar-refractivity contribution in [3.8, 4) is 0 Å². The number of amides is 1. The molecule has 2 aromatic rings.